The molecule has 6 N–H and O–H groups in total. The Hall–Kier alpha value is -1.53. The number of nitriles is 1. The van der Waals surface area contributed by atoms with E-state index in [1.807, 2.05) is 17.5 Å². The van der Waals surface area contributed by atoms with E-state index in [4.69, 9.17) is 35.0 Å². The Morgan fingerprint density at radius 2 is 1.95 bits per heavy atom. The molecular weight excluding hydrogens is 315 g/mol. The summed E-state index contributed by atoms with van der Waals surface area (Å²) in [4.78, 5) is 0. The summed E-state index contributed by atoms with van der Waals surface area (Å²) < 4.78 is 4.93. The van der Waals surface area contributed by atoms with Crippen molar-refractivity contribution in [3.05, 3.63) is 34.0 Å². The predicted molar refractivity (Wildman–Crippen MR) is 94.8 cm³/mol. The lowest BCUT2D eigenvalue weighted by Crippen LogP contribution is -2.01. The molecule has 2 radical (unpaired) electrons. The van der Waals surface area contributed by atoms with Gasteiger partial charge in [0, 0.05) is 19.2 Å². The van der Waals surface area contributed by atoms with Crippen molar-refractivity contribution < 1.29 is 4.74 Å². The van der Waals surface area contributed by atoms with Crippen LogP contribution < -0.4 is 17.2 Å². The first kappa shape index (κ1) is 18.5. The normalized spacial score (nSPS) is 15.9. The van der Waals surface area contributed by atoms with E-state index in [9.17, 15) is 0 Å². The van der Waals surface area contributed by atoms with Gasteiger partial charge in [0.05, 0.1) is 10.6 Å². The average molecular weight is 334 g/mol. The van der Waals surface area contributed by atoms with E-state index < -0.39 is 0 Å². The standard InChI is InChI=1S/C5H8N2S.C5H4N2S.C4H7BO/c2*6-3-4-1-2-8-5(4)7;5-4-2-1-3-6-4/h1-2H,3,6-7H2;1-2H,7H2;4H,1-3H2. The van der Waals surface area contributed by atoms with Crippen molar-refractivity contribution in [1.82, 2.24) is 0 Å². The molecule has 1 fully saturated rings. The molecule has 0 bridgehead atoms. The fourth-order valence-electron chi connectivity index (χ4n) is 1.53. The highest BCUT2D eigenvalue weighted by Gasteiger charge is 2.06. The van der Waals surface area contributed by atoms with Crippen LogP contribution in [0.4, 0.5) is 10.0 Å². The van der Waals surface area contributed by atoms with Crippen molar-refractivity contribution in [3.8, 4) is 6.07 Å². The molecule has 0 amide bonds. The van der Waals surface area contributed by atoms with Crippen LogP contribution in [0.1, 0.15) is 24.0 Å². The Morgan fingerprint density at radius 3 is 2.18 bits per heavy atom. The third-order valence-electron chi connectivity index (χ3n) is 2.78. The largest absolute Gasteiger partial charge is 0.390 e. The number of nitrogen functional groups attached to an aromatic ring is 2. The zero-order valence-corrected chi connectivity index (χ0v) is 13.8. The summed E-state index contributed by atoms with van der Waals surface area (Å²) in [6.07, 6.45) is 2.18. The van der Waals surface area contributed by atoms with Crippen LogP contribution in [0.2, 0.25) is 0 Å². The minimum atomic E-state index is 0.0463. The summed E-state index contributed by atoms with van der Waals surface area (Å²) in [6.45, 7) is 1.41. The van der Waals surface area contributed by atoms with Crippen molar-refractivity contribution in [2.75, 3.05) is 18.1 Å². The van der Waals surface area contributed by atoms with Crippen LogP contribution in [0.5, 0.6) is 0 Å². The van der Waals surface area contributed by atoms with Gasteiger partial charge in [-0.15, -0.1) is 22.7 Å². The van der Waals surface area contributed by atoms with Gasteiger partial charge in [-0.2, -0.15) is 5.26 Å². The van der Waals surface area contributed by atoms with Crippen molar-refractivity contribution >= 4 is 40.5 Å². The van der Waals surface area contributed by atoms with E-state index >= 15 is 0 Å². The predicted octanol–water partition coefficient (Wildman–Crippen LogP) is 2.28. The maximum atomic E-state index is 8.28. The molecule has 2 aromatic rings. The number of hydrogen-bond acceptors (Lipinski definition) is 7. The minimum absolute atomic E-state index is 0.0463. The fourth-order valence-corrected chi connectivity index (χ4v) is 2.80. The summed E-state index contributed by atoms with van der Waals surface area (Å²) in [7, 11) is 5.31. The van der Waals surface area contributed by atoms with Crippen LogP contribution in [0.15, 0.2) is 22.9 Å². The zero-order chi connectivity index (χ0) is 16.4. The maximum Gasteiger partial charge on any atom is 0.108 e. The third-order valence-corrected chi connectivity index (χ3v) is 4.32. The summed E-state index contributed by atoms with van der Waals surface area (Å²) >= 11 is 2.91. The lowest BCUT2D eigenvalue weighted by Gasteiger charge is -1.94. The third kappa shape index (κ3) is 6.49. The second kappa shape index (κ2) is 10.2. The summed E-state index contributed by atoms with van der Waals surface area (Å²) in [5.74, 6) is 0. The molecule has 1 aliphatic heterocycles. The van der Waals surface area contributed by atoms with Gasteiger partial charge in [-0.3, -0.25) is 0 Å². The van der Waals surface area contributed by atoms with Crippen molar-refractivity contribution in [3.63, 3.8) is 0 Å². The topological polar surface area (TPSA) is 111 Å². The van der Waals surface area contributed by atoms with Gasteiger partial charge >= 0.3 is 0 Å². The molecule has 5 nitrogen and oxygen atoms in total. The van der Waals surface area contributed by atoms with Gasteiger partial charge in [0.15, 0.2) is 0 Å². The van der Waals surface area contributed by atoms with E-state index in [-0.39, 0.29) is 6.00 Å². The van der Waals surface area contributed by atoms with E-state index in [0.717, 1.165) is 30.0 Å². The summed E-state index contributed by atoms with van der Waals surface area (Å²) in [5, 5.41) is 13.5. The molecule has 22 heavy (non-hydrogen) atoms. The molecule has 1 saturated heterocycles. The Kier molecular flexibility index (Phi) is 8.62. The Morgan fingerprint density at radius 1 is 1.27 bits per heavy atom. The Labute approximate surface area is 140 Å². The Bertz CT molecular complexity index is 587. The molecule has 0 aromatic carbocycles. The quantitative estimate of drug-likeness (QED) is 0.693. The molecule has 2 aromatic heterocycles. The van der Waals surface area contributed by atoms with Gasteiger partial charge in [-0.1, -0.05) is 0 Å². The van der Waals surface area contributed by atoms with Crippen LogP contribution in [-0.2, 0) is 11.3 Å². The van der Waals surface area contributed by atoms with Crippen LogP contribution >= 0.6 is 22.7 Å². The molecule has 116 valence electrons. The molecule has 8 heteroatoms. The molecule has 1 unspecified atom stereocenters. The van der Waals surface area contributed by atoms with E-state index in [1.54, 1.807) is 11.4 Å². The first-order chi connectivity index (χ1) is 10.6. The van der Waals surface area contributed by atoms with Gasteiger partial charge in [0.2, 0.25) is 0 Å². The maximum absolute atomic E-state index is 8.28. The number of anilines is 2. The first-order valence-corrected chi connectivity index (χ1v) is 8.46. The van der Waals surface area contributed by atoms with Crippen LogP contribution in [0.3, 0.4) is 0 Å². The highest BCUT2D eigenvalue weighted by atomic mass is 32.1. The fraction of sp³-hybridized carbons (Fsp3) is 0.357. The molecular formula is C14H19BN4OS2. The second-order valence-corrected chi connectivity index (χ2v) is 6.27. The van der Waals surface area contributed by atoms with Gasteiger partial charge in [0.25, 0.3) is 0 Å². The van der Waals surface area contributed by atoms with Gasteiger partial charge in [-0.05, 0) is 41.3 Å². The van der Waals surface area contributed by atoms with Crippen LogP contribution in [-0.4, -0.2) is 20.5 Å². The van der Waals surface area contributed by atoms with Gasteiger partial charge < -0.3 is 21.9 Å². The minimum Gasteiger partial charge on any atom is -0.390 e. The summed E-state index contributed by atoms with van der Waals surface area (Å²) in [5.41, 5.74) is 17.8. The molecule has 3 heterocycles. The number of hydrogen-bond donors (Lipinski definition) is 3. The van der Waals surface area contributed by atoms with E-state index in [1.165, 1.54) is 22.7 Å². The Balaban J connectivity index is 0.000000167. The lowest BCUT2D eigenvalue weighted by molar-refractivity contribution is 0.168. The van der Waals surface area contributed by atoms with Crippen molar-refractivity contribution in [2.45, 2.75) is 25.4 Å². The monoisotopic (exact) mass is 334 g/mol. The molecule has 3 rings (SSSR count). The molecule has 0 saturated carbocycles. The van der Waals surface area contributed by atoms with Crippen LogP contribution in [0.25, 0.3) is 0 Å². The van der Waals surface area contributed by atoms with Crippen molar-refractivity contribution in [1.29, 1.82) is 5.26 Å². The van der Waals surface area contributed by atoms with Crippen LogP contribution in [0, 0.1) is 11.3 Å². The smallest absolute Gasteiger partial charge is 0.108 e. The van der Waals surface area contributed by atoms with E-state index in [0.29, 0.717) is 17.1 Å². The summed E-state index contributed by atoms with van der Waals surface area (Å²) in [6, 6.07) is 5.66. The number of thiophene rings is 2. The molecule has 1 aliphatic rings. The first-order valence-electron chi connectivity index (χ1n) is 6.70. The highest BCUT2D eigenvalue weighted by molar-refractivity contribution is 7.14. The number of rotatable bonds is 1. The molecule has 0 spiro atoms. The molecule has 1 atom stereocenters. The van der Waals surface area contributed by atoms with E-state index in [2.05, 4.69) is 0 Å². The van der Waals surface area contributed by atoms with Gasteiger partial charge in [0.1, 0.15) is 18.9 Å². The number of nitrogens with two attached hydrogens (primary N) is 3. The molecule has 0 aliphatic carbocycles. The average Bonchev–Trinajstić information content (AvgIpc) is 3.23. The highest BCUT2D eigenvalue weighted by Crippen LogP contribution is 2.17. The SMILES string of the molecule is N#Cc1ccsc1N.NCc1ccsc1N.[B]C1CCCO1. The number of ether oxygens (including phenoxy) is 1. The lowest BCUT2D eigenvalue weighted by atomic mass is 9.98. The second-order valence-electron chi connectivity index (χ2n) is 4.38. The number of nitrogens with zero attached hydrogens (tertiary/aromatic N) is 1. The zero-order valence-electron chi connectivity index (χ0n) is 12.2. The van der Waals surface area contributed by atoms with Gasteiger partial charge in [-0.25, -0.2) is 0 Å². The van der Waals surface area contributed by atoms with Crippen molar-refractivity contribution in [2.24, 2.45) is 5.73 Å².